The largest absolute Gasteiger partial charge is 0.415 e. The number of hydrogen-bond donors (Lipinski definition) is 0. The molecule has 0 N–H and O–H groups in total. The number of nitrogens with zero attached hydrogens (tertiary/aromatic N) is 1. The van der Waals surface area contributed by atoms with E-state index in [9.17, 15) is 4.79 Å². The minimum Gasteiger partial charge on any atom is -0.415 e. The number of ether oxygens (including phenoxy) is 4. The van der Waals surface area contributed by atoms with Crippen LogP contribution in [0.15, 0.2) is 0 Å². The average molecular weight is 363 g/mol. The van der Waals surface area contributed by atoms with Crippen LogP contribution in [-0.4, -0.2) is 76.5 Å². The van der Waals surface area contributed by atoms with E-state index >= 15 is 0 Å². The molecule has 0 atom stereocenters. The van der Waals surface area contributed by atoms with E-state index in [1.165, 1.54) is 0 Å². The highest BCUT2D eigenvalue weighted by Gasteiger charge is 2.29. The molecule has 0 heterocycles. The Morgan fingerprint density at radius 2 is 1.08 bits per heavy atom. The van der Waals surface area contributed by atoms with Crippen molar-refractivity contribution in [1.82, 2.24) is 0 Å². The van der Waals surface area contributed by atoms with E-state index in [4.69, 9.17) is 18.9 Å². The van der Waals surface area contributed by atoms with Crippen molar-refractivity contribution in [2.45, 2.75) is 53.4 Å². The van der Waals surface area contributed by atoms with Gasteiger partial charge in [0.1, 0.15) is 19.6 Å². The van der Waals surface area contributed by atoms with Crippen LogP contribution in [0.2, 0.25) is 0 Å². The van der Waals surface area contributed by atoms with E-state index in [2.05, 4.69) is 20.8 Å². The maximum atomic E-state index is 11.7. The second-order valence-corrected chi connectivity index (χ2v) is 6.35. The van der Waals surface area contributed by atoms with E-state index in [0.717, 1.165) is 58.7 Å². The summed E-state index contributed by atoms with van der Waals surface area (Å²) in [4.78, 5) is 11.7. The van der Waals surface area contributed by atoms with Gasteiger partial charge < -0.3 is 18.9 Å². The summed E-state index contributed by atoms with van der Waals surface area (Å²) < 4.78 is 23.2. The molecule has 6 nitrogen and oxygen atoms in total. The fourth-order valence-electron chi connectivity index (χ4n) is 2.35. The lowest BCUT2D eigenvalue weighted by atomic mass is 10.3. The molecule has 25 heavy (non-hydrogen) atoms. The molecule has 0 rings (SSSR count). The van der Waals surface area contributed by atoms with Gasteiger partial charge in [-0.05, 0) is 19.3 Å². The molecule has 0 saturated heterocycles. The molecule has 0 fully saturated rings. The van der Waals surface area contributed by atoms with Crippen LogP contribution in [0.25, 0.3) is 0 Å². The molecule has 0 aliphatic heterocycles. The third-order valence-corrected chi connectivity index (χ3v) is 3.96. The Hall–Kier alpha value is -0.690. The second kappa shape index (κ2) is 16.8. The number of hydrogen-bond acceptors (Lipinski definition) is 5. The van der Waals surface area contributed by atoms with Crippen LogP contribution in [0.4, 0.5) is 0 Å². The molecule has 0 aromatic carbocycles. The Balaban J connectivity index is 4.76. The molecular formula is C19H40NO5+. The van der Waals surface area contributed by atoms with Gasteiger partial charge in [0.15, 0.2) is 0 Å². The minimum absolute atomic E-state index is 0.166. The SMILES string of the molecule is CCCOCC[N+](CCOCCC)(CCOCCC)COC(=O)CC. The summed E-state index contributed by atoms with van der Waals surface area (Å²) in [5.74, 6) is -0.166. The third-order valence-electron chi connectivity index (χ3n) is 3.96. The molecule has 0 amide bonds. The van der Waals surface area contributed by atoms with Gasteiger partial charge in [-0.15, -0.1) is 0 Å². The summed E-state index contributed by atoms with van der Waals surface area (Å²) in [6.07, 6.45) is 3.41. The molecule has 0 bridgehead atoms. The highest BCUT2D eigenvalue weighted by atomic mass is 16.6. The number of carbonyl (C=O) groups excluding carboxylic acids is 1. The van der Waals surface area contributed by atoms with Gasteiger partial charge in [0.25, 0.3) is 0 Å². The highest BCUT2D eigenvalue weighted by molar-refractivity contribution is 5.68. The maximum absolute atomic E-state index is 11.7. The topological polar surface area (TPSA) is 54.0 Å². The first-order valence-electron chi connectivity index (χ1n) is 9.88. The quantitative estimate of drug-likeness (QED) is 0.162. The second-order valence-electron chi connectivity index (χ2n) is 6.35. The summed E-state index contributed by atoms with van der Waals surface area (Å²) in [5, 5.41) is 0. The van der Waals surface area contributed by atoms with Crippen LogP contribution in [0, 0.1) is 0 Å². The van der Waals surface area contributed by atoms with Gasteiger partial charge in [-0.2, -0.15) is 0 Å². The van der Waals surface area contributed by atoms with Crippen LogP contribution >= 0.6 is 0 Å². The van der Waals surface area contributed by atoms with Crippen molar-refractivity contribution < 1.29 is 28.2 Å². The lowest BCUT2D eigenvalue weighted by Crippen LogP contribution is -2.55. The van der Waals surface area contributed by atoms with E-state index in [1.807, 2.05) is 6.92 Å². The van der Waals surface area contributed by atoms with Gasteiger partial charge in [-0.25, -0.2) is 0 Å². The zero-order valence-corrected chi connectivity index (χ0v) is 16.9. The molecule has 150 valence electrons. The Morgan fingerprint density at radius 1 is 0.680 bits per heavy atom. The number of carbonyl (C=O) groups is 1. The third kappa shape index (κ3) is 13.2. The number of esters is 1. The molecule has 0 saturated carbocycles. The summed E-state index contributed by atoms with van der Waals surface area (Å²) in [6.45, 7) is 15.1. The zero-order chi connectivity index (χ0) is 18.8. The molecule has 0 aromatic heterocycles. The van der Waals surface area contributed by atoms with Crippen molar-refractivity contribution in [3.8, 4) is 0 Å². The van der Waals surface area contributed by atoms with Crippen molar-refractivity contribution in [1.29, 1.82) is 0 Å². The molecule has 0 aliphatic rings. The number of quaternary nitrogens is 1. The van der Waals surface area contributed by atoms with Crippen molar-refractivity contribution in [3.63, 3.8) is 0 Å². The predicted octanol–water partition coefficient (Wildman–Crippen LogP) is 2.99. The van der Waals surface area contributed by atoms with Crippen molar-refractivity contribution in [2.24, 2.45) is 0 Å². The van der Waals surface area contributed by atoms with E-state index in [-0.39, 0.29) is 5.97 Å². The standard InChI is InChI=1S/C19H40NO5/c1-5-12-22-15-9-20(10-16-23-13-6-2,11-17-24-14-7-3)18-25-19(21)8-4/h5-18H2,1-4H3/q+1. The lowest BCUT2D eigenvalue weighted by Gasteiger charge is -2.37. The molecule has 0 aliphatic carbocycles. The Kier molecular flexibility index (Phi) is 16.3. The van der Waals surface area contributed by atoms with Crippen molar-refractivity contribution in [2.75, 3.05) is 66.0 Å². The molecule has 6 heteroatoms. The molecule has 0 aromatic rings. The Bertz CT molecular complexity index is 281. The summed E-state index contributed by atoms with van der Waals surface area (Å²) >= 11 is 0. The fourth-order valence-corrected chi connectivity index (χ4v) is 2.35. The molecule has 0 radical (unpaired) electrons. The van der Waals surface area contributed by atoms with Crippen LogP contribution < -0.4 is 0 Å². The first-order valence-corrected chi connectivity index (χ1v) is 9.88. The van der Waals surface area contributed by atoms with Crippen LogP contribution in [0.5, 0.6) is 0 Å². The van der Waals surface area contributed by atoms with Crippen molar-refractivity contribution in [3.05, 3.63) is 0 Å². The van der Waals surface area contributed by atoms with Gasteiger partial charge >= 0.3 is 5.97 Å². The average Bonchev–Trinajstić information content (AvgIpc) is 2.63. The highest BCUT2D eigenvalue weighted by Crippen LogP contribution is 2.09. The normalized spacial score (nSPS) is 11.7. The van der Waals surface area contributed by atoms with Crippen molar-refractivity contribution >= 4 is 5.97 Å². The van der Waals surface area contributed by atoms with Gasteiger partial charge in [-0.1, -0.05) is 27.7 Å². The Labute approximate surface area is 154 Å². The minimum atomic E-state index is -0.166. The maximum Gasteiger partial charge on any atom is 0.309 e. The van der Waals surface area contributed by atoms with Crippen LogP contribution in [-0.2, 0) is 23.7 Å². The van der Waals surface area contributed by atoms with E-state index < -0.39 is 0 Å². The van der Waals surface area contributed by atoms with E-state index in [1.54, 1.807) is 0 Å². The van der Waals surface area contributed by atoms with Crippen LogP contribution in [0.1, 0.15) is 53.4 Å². The first kappa shape index (κ1) is 24.3. The summed E-state index contributed by atoms with van der Waals surface area (Å²) in [5.41, 5.74) is 0. The molecule has 0 spiro atoms. The van der Waals surface area contributed by atoms with Crippen LogP contribution in [0.3, 0.4) is 0 Å². The predicted molar refractivity (Wildman–Crippen MR) is 99.4 cm³/mol. The molecule has 0 unspecified atom stereocenters. The monoisotopic (exact) mass is 362 g/mol. The summed E-state index contributed by atoms with van der Waals surface area (Å²) in [7, 11) is 0. The van der Waals surface area contributed by atoms with Gasteiger partial charge in [0.2, 0.25) is 6.73 Å². The molecular weight excluding hydrogens is 322 g/mol. The fraction of sp³-hybridized carbons (Fsp3) is 0.947. The zero-order valence-electron chi connectivity index (χ0n) is 16.9. The van der Waals surface area contributed by atoms with Gasteiger partial charge in [-0.3, -0.25) is 9.28 Å². The Morgan fingerprint density at radius 3 is 1.40 bits per heavy atom. The lowest BCUT2D eigenvalue weighted by molar-refractivity contribution is -0.944. The van der Waals surface area contributed by atoms with E-state index in [0.29, 0.717) is 37.5 Å². The smallest absolute Gasteiger partial charge is 0.309 e. The summed E-state index contributed by atoms with van der Waals surface area (Å²) in [6, 6.07) is 0. The first-order chi connectivity index (χ1) is 12.1. The van der Waals surface area contributed by atoms with Gasteiger partial charge in [0.05, 0.1) is 19.8 Å². The van der Waals surface area contributed by atoms with Gasteiger partial charge in [0, 0.05) is 26.2 Å². The number of rotatable bonds is 18.